The Morgan fingerprint density at radius 2 is 0.971 bits per heavy atom. The van der Waals surface area contributed by atoms with Crippen molar-refractivity contribution in [1.82, 2.24) is 5.32 Å². The summed E-state index contributed by atoms with van der Waals surface area (Å²) >= 11 is 0. The lowest BCUT2D eigenvalue weighted by atomic mass is 10.0. The van der Waals surface area contributed by atoms with Crippen molar-refractivity contribution < 1.29 is 14.4 Å². The minimum absolute atomic E-state index is 0.0252. The molecule has 0 radical (unpaired) electrons. The van der Waals surface area contributed by atoms with Crippen LogP contribution in [0.15, 0.2) is 0 Å². The van der Waals surface area contributed by atoms with Gasteiger partial charge in [-0.15, -0.1) is 0 Å². The summed E-state index contributed by atoms with van der Waals surface area (Å²) in [6, 6.07) is 0. The highest BCUT2D eigenvalue weighted by molar-refractivity contribution is 5.75. The molecule has 0 rings (SSSR count). The van der Waals surface area contributed by atoms with E-state index in [2.05, 4.69) is 19.2 Å². The largest absolute Gasteiger partial charge is 0.345 e. The molecule has 4 nitrogen and oxygen atoms in total. The van der Waals surface area contributed by atoms with Gasteiger partial charge in [0.25, 0.3) is 0 Å². The van der Waals surface area contributed by atoms with Crippen LogP contribution in [0.2, 0.25) is 0 Å². The smallest absolute Gasteiger partial charge is 0.224 e. The summed E-state index contributed by atoms with van der Waals surface area (Å²) in [5, 5.41) is 13.4. The molecular formula is C30H63N2O2+. The zero-order chi connectivity index (χ0) is 25.5. The Morgan fingerprint density at radius 3 is 1.29 bits per heavy atom. The number of carbonyl (C=O) groups excluding carboxylic acids is 1. The first kappa shape index (κ1) is 33.4. The summed E-state index contributed by atoms with van der Waals surface area (Å²) in [5.41, 5.74) is 0. The number of unbranched alkanes of at least 4 members (excludes halogenated alkanes) is 18. The second-order valence-electron chi connectivity index (χ2n) is 11.1. The summed E-state index contributed by atoms with van der Waals surface area (Å²) in [5.74, 6) is 0.133. The van der Waals surface area contributed by atoms with E-state index in [-0.39, 0.29) is 12.1 Å². The summed E-state index contributed by atoms with van der Waals surface area (Å²) in [6.45, 7) is 6.35. The molecule has 0 spiro atoms. The zero-order valence-corrected chi connectivity index (χ0v) is 24.0. The van der Waals surface area contributed by atoms with Crippen LogP contribution in [0.1, 0.15) is 162 Å². The lowest BCUT2D eigenvalue weighted by Gasteiger charge is -2.41. The first-order chi connectivity index (χ1) is 16.4. The first-order valence-corrected chi connectivity index (χ1v) is 15.2. The second kappa shape index (κ2) is 22.8. The van der Waals surface area contributed by atoms with Gasteiger partial charge in [-0.05, 0) is 6.42 Å². The summed E-state index contributed by atoms with van der Waals surface area (Å²) < 4.78 is 0.429. The summed E-state index contributed by atoms with van der Waals surface area (Å²) in [6.07, 6.45) is 27.7. The molecule has 0 aliphatic heterocycles. The number of nitrogens with zero attached hydrogens (tertiary/aromatic N) is 1. The number of hydrogen-bond donors (Lipinski definition) is 2. The lowest BCUT2D eigenvalue weighted by molar-refractivity contribution is -0.961. The van der Waals surface area contributed by atoms with Crippen molar-refractivity contribution in [3.05, 3.63) is 0 Å². The third-order valence-electron chi connectivity index (χ3n) is 7.66. The fraction of sp³-hybridized carbons (Fsp3) is 0.967. The molecule has 0 fully saturated rings. The van der Waals surface area contributed by atoms with Gasteiger partial charge in [0.1, 0.15) is 0 Å². The molecule has 0 bridgehead atoms. The van der Waals surface area contributed by atoms with Crippen LogP contribution in [0.4, 0.5) is 0 Å². The molecule has 4 heteroatoms. The van der Waals surface area contributed by atoms with Crippen molar-refractivity contribution in [1.29, 1.82) is 0 Å². The maximum atomic E-state index is 12.3. The molecule has 0 aliphatic carbocycles. The van der Waals surface area contributed by atoms with Gasteiger partial charge in [-0.2, -0.15) is 0 Å². The van der Waals surface area contributed by atoms with E-state index < -0.39 is 6.23 Å². The number of hydrogen-bond acceptors (Lipinski definition) is 2. The number of rotatable bonds is 25. The van der Waals surface area contributed by atoms with Crippen LogP contribution < -0.4 is 5.32 Å². The molecule has 0 aromatic rings. The average Bonchev–Trinajstić information content (AvgIpc) is 2.83. The standard InChI is InChI=1S/C30H62N2O2/c1-6-9-10-11-12-13-14-15-16-17-18-19-20-21-22-23-24-25-26-27-29(33)31-28(7-2)32(4,5)30(34)8-3/h28,30,34H,6-27H2,1-5H3/p+1. The third-order valence-corrected chi connectivity index (χ3v) is 7.66. The number of amides is 1. The van der Waals surface area contributed by atoms with E-state index in [1.165, 1.54) is 109 Å². The van der Waals surface area contributed by atoms with E-state index in [0.717, 1.165) is 19.3 Å². The summed E-state index contributed by atoms with van der Waals surface area (Å²) in [4.78, 5) is 12.3. The van der Waals surface area contributed by atoms with E-state index in [0.29, 0.717) is 17.3 Å². The van der Waals surface area contributed by atoms with Crippen LogP contribution in [-0.4, -0.2) is 42.0 Å². The second-order valence-corrected chi connectivity index (χ2v) is 11.1. The molecule has 0 aliphatic rings. The van der Waals surface area contributed by atoms with Gasteiger partial charge in [0.2, 0.25) is 5.91 Å². The fourth-order valence-corrected chi connectivity index (χ4v) is 5.04. The van der Waals surface area contributed by atoms with Crippen LogP contribution in [0, 0.1) is 0 Å². The molecule has 204 valence electrons. The Kier molecular flexibility index (Phi) is 22.4. The van der Waals surface area contributed by atoms with Crippen LogP contribution in [0.25, 0.3) is 0 Å². The monoisotopic (exact) mass is 483 g/mol. The van der Waals surface area contributed by atoms with E-state index in [9.17, 15) is 9.90 Å². The Hall–Kier alpha value is -0.610. The predicted molar refractivity (Wildman–Crippen MR) is 149 cm³/mol. The molecule has 34 heavy (non-hydrogen) atoms. The molecule has 2 unspecified atom stereocenters. The summed E-state index contributed by atoms with van der Waals surface area (Å²) in [7, 11) is 4.00. The number of carbonyl (C=O) groups is 1. The van der Waals surface area contributed by atoms with Gasteiger partial charge < -0.3 is 10.4 Å². The highest BCUT2D eigenvalue weighted by atomic mass is 16.3. The van der Waals surface area contributed by atoms with Crippen molar-refractivity contribution in [2.45, 2.75) is 174 Å². The number of nitrogens with one attached hydrogen (secondary N) is 1. The van der Waals surface area contributed by atoms with E-state index in [1.54, 1.807) is 0 Å². The lowest BCUT2D eigenvalue weighted by Crippen LogP contribution is -2.61. The van der Waals surface area contributed by atoms with Gasteiger partial charge >= 0.3 is 0 Å². The molecule has 0 aromatic carbocycles. The highest BCUT2D eigenvalue weighted by Gasteiger charge is 2.33. The maximum absolute atomic E-state index is 12.3. The van der Waals surface area contributed by atoms with Crippen molar-refractivity contribution in [3.8, 4) is 0 Å². The van der Waals surface area contributed by atoms with E-state index in [4.69, 9.17) is 0 Å². The van der Waals surface area contributed by atoms with Crippen LogP contribution in [-0.2, 0) is 4.79 Å². The van der Waals surface area contributed by atoms with E-state index >= 15 is 0 Å². The Labute approximate surface area is 214 Å². The fourth-order valence-electron chi connectivity index (χ4n) is 5.04. The van der Waals surface area contributed by atoms with Crippen molar-refractivity contribution >= 4 is 5.91 Å². The number of quaternary nitrogens is 1. The highest BCUT2D eigenvalue weighted by Crippen LogP contribution is 2.17. The third kappa shape index (κ3) is 17.8. The Morgan fingerprint density at radius 1 is 0.618 bits per heavy atom. The minimum Gasteiger partial charge on any atom is -0.345 e. The minimum atomic E-state index is -0.444. The first-order valence-electron chi connectivity index (χ1n) is 15.2. The molecule has 0 saturated carbocycles. The van der Waals surface area contributed by atoms with Gasteiger partial charge in [-0.1, -0.05) is 136 Å². The molecule has 0 saturated heterocycles. The molecule has 2 N–H and O–H groups in total. The Balaban J connectivity index is 3.47. The van der Waals surface area contributed by atoms with Crippen LogP contribution >= 0.6 is 0 Å². The number of aliphatic hydroxyl groups excluding tert-OH is 1. The quantitative estimate of drug-likeness (QED) is 0.0777. The molecule has 1 amide bonds. The van der Waals surface area contributed by atoms with Gasteiger partial charge in [-0.3, -0.25) is 9.28 Å². The number of aliphatic hydroxyl groups is 1. The van der Waals surface area contributed by atoms with Crippen molar-refractivity contribution in [2.75, 3.05) is 14.1 Å². The maximum Gasteiger partial charge on any atom is 0.224 e. The topological polar surface area (TPSA) is 49.3 Å². The Bertz CT molecular complexity index is 453. The van der Waals surface area contributed by atoms with Gasteiger partial charge in [0, 0.05) is 19.3 Å². The van der Waals surface area contributed by atoms with Crippen LogP contribution in [0.3, 0.4) is 0 Å². The van der Waals surface area contributed by atoms with E-state index in [1.807, 2.05) is 21.0 Å². The van der Waals surface area contributed by atoms with Crippen LogP contribution in [0.5, 0.6) is 0 Å². The van der Waals surface area contributed by atoms with Crippen molar-refractivity contribution in [2.24, 2.45) is 0 Å². The predicted octanol–water partition coefficient (Wildman–Crippen LogP) is 8.47. The zero-order valence-electron chi connectivity index (χ0n) is 24.0. The molecule has 2 atom stereocenters. The van der Waals surface area contributed by atoms with Gasteiger partial charge in [0.15, 0.2) is 12.4 Å². The molecule has 0 aromatic heterocycles. The molecule has 0 heterocycles. The molecular weight excluding hydrogens is 420 g/mol. The van der Waals surface area contributed by atoms with Crippen molar-refractivity contribution in [3.63, 3.8) is 0 Å². The normalized spacial score (nSPS) is 13.7. The van der Waals surface area contributed by atoms with Gasteiger partial charge in [0.05, 0.1) is 14.1 Å². The average molecular weight is 484 g/mol. The SMILES string of the molecule is CCCCCCCCCCCCCCCCCCCCCC(=O)NC(CC)[N+](C)(C)C(O)CC. The van der Waals surface area contributed by atoms with Gasteiger partial charge in [-0.25, -0.2) is 0 Å².